The van der Waals surface area contributed by atoms with Crippen LogP contribution in [0.2, 0.25) is 0 Å². The molecule has 0 saturated carbocycles. The van der Waals surface area contributed by atoms with Gasteiger partial charge in [0.15, 0.2) is 0 Å². The molecule has 13 heteroatoms. The summed E-state index contributed by atoms with van der Waals surface area (Å²) in [7, 11) is 0. The lowest BCUT2D eigenvalue weighted by molar-refractivity contribution is 0.0942. The van der Waals surface area contributed by atoms with Crippen molar-refractivity contribution in [3.63, 3.8) is 0 Å². The van der Waals surface area contributed by atoms with Crippen molar-refractivity contribution >= 4 is 11.7 Å². The molecule has 5 rings (SSSR count). The summed E-state index contributed by atoms with van der Waals surface area (Å²) in [6, 6.07) is 21.6. The number of nitrogens with one attached hydrogen (secondary N) is 3. The van der Waals surface area contributed by atoms with Crippen molar-refractivity contribution < 1.29 is 29.2 Å². The Hall–Kier alpha value is -5.36. The molecule has 3 aromatic carbocycles. The molecule has 0 saturated heterocycles. The van der Waals surface area contributed by atoms with Crippen LogP contribution in [-0.2, 0) is 13.2 Å². The lowest BCUT2D eigenvalue weighted by Gasteiger charge is -2.16. The zero-order chi connectivity index (χ0) is 36.0. The first-order valence-corrected chi connectivity index (χ1v) is 16.7. The molecule has 1 atom stereocenters. The second-order valence-electron chi connectivity index (χ2n) is 11.9. The highest BCUT2D eigenvalue weighted by molar-refractivity contribution is 5.78. The summed E-state index contributed by atoms with van der Waals surface area (Å²) in [6.07, 6.45) is 3.15. The molecule has 2 aromatic heterocycles. The lowest BCUT2D eigenvalue weighted by atomic mass is 9.93. The van der Waals surface area contributed by atoms with E-state index in [0.29, 0.717) is 55.7 Å². The third-order valence-corrected chi connectivity index (χ3v) is 8.07. The van der Waals surface area contributed by atoms with Crippen LogP contribution in [0.5, 0.6) is 11.5 Å². The molecule has 2 heterocycles. The molecule has 0 aliphatic heterocycles. The van der Waals surface area contributed by atoms with E-state index >= 15 is 0 Å². The fourth-order valence-electron chi connectivity index (χ4n) is 5.46. The molecule has 0 aliphatic rings. The van der Waals surface area contributed by atoms with Gasteiger partial charge in [-0.05, 0) is 85.0 Å². The zero-order valence-electron chi connectivity index (χ0n) is 28.7. The van der Waals surface area contributed by atoms with Gasteiger partial charge >= 0.3 is 6.01 Å². The maximum absolute atomic E-state index is 9.47. The van der Waals surface area contributed by atoms with Gasteiger partial charge in [0.2, 0.25) is 5.89 Å². The number of pyridine rings is 1. The van der Waals surface area contributed by atoms with Crippen LogP contribution in [0, 0.1) is 25.2 Å². The van der Waals surface area contributed by atoms with Crippen molar-refractivity contribution in [1.29, 1.82) is 5.26 Å². The predicted molar refractivity (Wildman–Crippen MR) is 193 cm³/mol. The van der Waals surface area contributed by atoms with Crippen molar-refractivity contribution in [2.45, 2.75) is 39.5 Å². The molecule has 0 bridgehead atoms. The Morgan fingerprint density at radius 1 is 0.882 bits per heavy atom. The van der Waals surface area contributed by atoms with Gasteiger partial charge in [0.05, 0.1) is 31.5 Å². The van der Waals surface area contributed by atoms with E-state index < -0.39 is 6.10 Å². The van der Waals surface area contributed by atoms with E-state index in [0.717, 1.165) is 51.1 Å². The third kappa shape index (κ3) is 10.3. The minimum absolute atomic E-state index is 0.0198. The van der Waals surface area contributed by atoms with Gasteiger partial charge in [-0.15, -0.1) is 5.10 Å². The van der Waals surface area contributed by atoms with Crippen LogP contribution >= 0.6 is 0 Å². The number of ether oxygens (including phenoxy) is 2. The highest BCUT2D eigenvalue weighted by Crippen LogP contribution is 2.36. The van der Waals surface area contributed by atoms with Crippen LogP contribution in [0.15, 0.2) is 77.5 Å². The Balaban J connectivity index is 1.29. The van der Waals surface area contributed by atoms with Crippen molar-refractivity contribution in [3.05, 3.63) is 101 Å². The summed E-state index contributed by atoms with van der Waals surface area (Å²) in [5, 5.41) is 55.0. The molecule has 0 radical (unpaired) electrons. The molecule has 0 fully saturated rings. The topological polar surface area (TPSA) is 191 Å². The van der Waals surface area contributed by atoms with Gasteiger partial charge < -0.3 is 45.2 Å². The molecule has 13 nitrogen and oxygen atoms in total. The molecule has 0 amide bonds. The van der Waals surface area contributed by atoms with Gasteiger partial charge in [-0.3, -0.25) is 4.98 Å². The molecule has 5 aromatic rings. The van der Waals surface area contributed by atoms with Crippen LogP contribution in [0.3, 0.4) is 0 Å². The summed E-state index contributed by atoms with van der Waals surface area (Å²) in [5.41, 5.74) is 7.63. The number of hydrogen-bond donors (Lipinski definition) is 6. The number of nitriles is 1. The first kappa shape index (κ1) is 36.9. The summed E-state index contributed by atoms with van der Waals surface area (Å²) in [5.74, 6) is 1.74. The van der Waals surface area contributed by atoms with E-state index in [-0.39, 0.29) is 25.8 Å². The molecule has 51 heavy (non-hydrogen) atoms. The summed E-state index contributed by atoms with van der Waals surface area (Å²) < 4.78 is 18.3. The van der Waals surface area contributed by atoms with Gasteiger partial charge in [-0.2, -0.15) is 5.26 Å². The summed E-state index contributed by atoms with van der Waals surface area (Å²) in [4.78, 5) is 4.10. The second-order valence-corrected chi connectivity index (χ2v) is 11.9. The Morgan fingerprint density at radius 3 is 2.49 bits per heavy atom. The number of nitrogens with zero attached hydrogens (tertiary/aromatic N) is 4. The average Bonchev–Trinajstić information content (AvgIpc) is 3.61. The van der Waals surface area contributed by atoms with E-state index in [9.17, 15) is 15.5 Å². The predicted octanol–water partition coefficient (Wildman–Crippen LogP) is 4.40. The van der Waals surface area contributed by atoms with Crippen molar-refractivity contribution in [3.8, 4) is 40.1 Å². The fraction of sp³-hybridized carbons (Fsp3) is 0.316. The Bertz CT molecular complexity index is 1930. The number of aliphatic hydroxyl groups excluding tert-OH is 3. The summed E-state index contributed by atoms with van der Waals surface area (Å²) in [6.45, 7) is 6.49. The molecule has 0 unspecified atom stereocenters. The Labute approximate surface area is 296 Å². The number of hydrogen-bond acceptors (Lipinski definition) is 13. The number of aromatic nitrogens is 3. The van der Waals surface area contributed by atoms with Crippen LogP contribution in [0.1, 0.15) is 34.2 Å². The highest BCUT2D eigenvalue weighted by atomic mass is 16.5. The molecular formula is C38H43N7O6. The fourth-order valence-corrected chi connectivity index (χ4v) is 5.46. The normalized spacial score (nSPS) is 11.6. The molecular weight excluding hydrogens is 650 g/mol. The lowest BCUT2D eigenvalue weighted by Crippen LogP contribution is -2.30. The number of benzene rings is 3. The first-order chi connectivity index (χ1) is 24.9. The quantitative estimate of drug-likeness (QED) is 0.0668. The maximum atomic E-state index is 9.47. The first-order valence-electron chi connectivity index (χ1n) is 16.7. The molecule has 266 valence electrons. The van der Waals surface area contributed by atoms with E-state index in [1.165, 1.54) is 6.20 Å². The minimum Gasteiger partial charge on any atom is -0.493 e. The monoisotopic (exact) mass is 693 g/mol. The highest BCUT2D eigenvalue weighted by Gasteiger charge is 2.17. The van der Waals surface area contributed by atoms with Crippen LogP contribution in [-0.4, -0.2) is 76.1 Å². The molecule has 0 aliphatic carbocycles. The van der Waals surface area contributed by atoms with Crippen LogP contribution in [0.25, 0.3) is 22.6 Å². The SMILES string of the molecule is Cc1c(OCCCNC[C@H](O)CO)cccc1-c1cccc(-c2nnc(Nc3cc(CNCCO)cc(OCc4cncc(C#N)c4)c3)o2)c1C. The second kappa shape index (κ2) is 18.6. The zero-order valence-corrected chi connectivity index (χ0v) is 28.7. The van der Waals surface area contributed by atoms with Crippen molar-refractivity contribution in [2.75, 3.05) is 44.8 Å². The van der Waals surface area contributed by atoms with Crippen molar-refractivity contribution in [2.24, 2.45) is 0 Å². The van der Waals surface area contributed by atoms with Crippen LogP contribution < -0.4 is 25.4 Å². The standard InChI is InChI=1S/C38H43N7O6/c1-25-33(34-7-4-9-36(26(34)2)49-13-5-10-40-22-31(48)23-47)6-3-8-35(25)37-44-45-38(51-37)43-30-15-27(19-41-11-12-46)16-32(17-30)50-24-29-14-28(18-39)20-42-21-29/h3-4,6-9,14-17,20-21,31,40-41,46-48H,5,10-13,19,22-24H2,1-2H3,(H,43,45)/t31-/m0/s1. The van der Waals surface area contributed by atoms with E-state index in [1.54, 1.807) is 12.3 Å². The smallest absolute Gasteiger partial charge is 0.320 e. The number of rotatable bonds is 19. The average molecular weight is 694 g/mol. The minimum atomic E-state index is -0.763. The van der Waals surface area contributed by atoms with E-state index in [1.807, 2.05) is 56.3 Å². The Morgan fingerprint density at radius 2 is 1.69 bits per heavy atom. The maximum Gasteiger partial charge on any atom is 0.320 e. The number of aliphatic hydroxyl groups is 3. The van der Waals surface area contributed by atoms with Crippen molar-refractivity contribution in [1.82, 2.24) is 25.8 Å². The molecule has 6 N–H and O–H groups in total. The van der Waals surface area contributed by atoms with Gasteiger partial charge in [-0.1, -0.05) is 29.4 Å². The molecule has 0 spiro atoms. The van der Waals surface area contributed by atoms with E-state index in [2.05, 4.69) is 49.3 Å². The van der Waals surface area contributed by atoms with Gasteiger partial charge in [-0.25, -0.2) is 0 Å². The number of anilines is 2. The van der Waals surface area contributed by atoms with E-state index in [4.69, 9.17) is 19.0 Å². The van der Waals surface area contributed by atoms with Gasteiger partial charge in [0.1, 0.15) is 24.2 Å². The van der Waals surface area contributed by atoms with Gasteiger partial charge in [0, 0.05) is 54.9 Å². The largest absolute Gasteiger partial charge is 0.493 e. The Kier molecular flexibility index (Phi) is 13.4. The third-order valence-electron chi connectivity index (χ3n) is 8.07. The summed E-state index contributed by atoms with van der Waals surface area (Å²) >= 11 is 0. The van der Waals surface area contributed by atoms with Gasteiger partial charge in [0.25, 0.3) is 0 Å². The van der Waals surface area contributed by atoms with Crippen LogP contribution in [0.4, 0.5) is 11.7 Å².